The van der Waals surface area contributed by atoms with E-state index >= 15 is 0 Å². The normalized spacial score (nSPS) is 11.8. The quantitative estimate of drug-likeness (QED) is 0.120. The second kappa shape index (κ2) is 13.7. The van der Waals surface area contributed by atoms with E-state index in [0.29, 0.717) is 17.4 Å². The molecule has 0 fully saturated rings. The molecule has 4 aromatic carbocycles. The summed E-state index contributed by atoms with van der Waals surface area (Å²) in [6.07, 6.45) is 2.90. The van der Waals surface area contributed by atoms with E-state index in [2.05, 4.69) is 152 Å². The van der Waals surface area contributed by atoms with Crippen LogP contribution in [-0.2, 0) is 32.3 Å². The van der Waals surface area contributed by atoms with Gasteiger partial charge >= 0.3 is 20.4 Å². The van der Waals surface area contributed by atoms with Gasteiger partial charge in [0.05, 0.1) is 5.69 Å². The Morgan fingerprint density at radius 3 is 2.24 bits per heavy atom. The number of ether oxygens (including phenoxy) is 1. The van der Waals surface area contributed by atoms with Crippen LogP contribution in [-0.4, -0.2) is 19.3 Å². The van der Waals surface area contributed by atoms with Gasteiger partial charge in [-0.3, -0.25) is 4.68 Å². The molecule has 0 aliphatic heterocycles. The summed E-state index contributed by atoms with van der Waals surface area (Å²) in [4.78, 5) is 4.82. The standard InChI is InChI=1S/C44H44N4O.Pd/c1-27(2)21-32-19-20-45-41(22-32)47-39-16-11-10-15-37(39)38-18-17-35(26-40(38)47)49-36-24-33(44(7,8)9)23-34(25-36)48-31(6)43(30(5)46-48)42-28(3)13-12-14-29(42)4;/h10-20,22-24,27H,21H2,1-9H3;/q-2;+2. The molecule has 7 rings (SSSR count). The molecule has 0 unspecified atom stereocenters. The van der Waals surface area contributed by atoms with Crippen LogP contribution in [0.3, 0.4) is 0 Å². The second-order valence-electron chi connectivity index (χ2n) is 14.8. The smallest absolute Gasteiger partial charge is 0.509 e. The summed E-state index contributed by atoms with van der Waals surface area (Å²) < 4.78 is 10.9. The molecule has 0 radical (unpaired) electrons. The number of hydrogen-bond acceptors (Lipinski definition) is 3. The van der Waals surface area contributed by atoms with Gasteiger partial charge in [-0.25, -0.2) is 4.98 Å². The van der Waals surface area contributed by atoms with E-state index in [0.717, 1.165) is 56.7 Å². The van der Waals surface area contributed by atoms with Crippen molar-refractivity contribution in [2.24, 2.45) is 5.92 Å². The van der Waals surface area contributed by atoms with Gasteiger partial charge in [-0.2, -0.15) is 11.2 Å². The molecule has 0 aliphatic carbocycles. The molecule has 3 aromatic heterocycles. The van der Waals surface area contributed by atoms with Gasteiger partial charge in [0.15, 0.2) is 0 Å². The zero-order valence-electron chi connectivity index (χ0n) is 30.4. The van der Waals surface area contributed by atoms with Crippen LogP contribution in [0.5, 0.6) is 11.5 Å². The molecule has 5 nitrogen and oxygen atoms in total. The van der Waals surface area contributed by atoms with Crippen molar-refractivity contribution in [2.45, 2.75) is 74.1 Å². The van der Waals surface area contributed by atoms with Gasteiger partial charge < -0.3 is 9.30 Å². The van der Waals surface area contributed by atoms with Crippen molar-refractivity contribution < 1.29 is 25.2 Å². The van der Waals surface area contributed by atoms with E-state index in [-0.39, 0.29) is 25.8 Å². The first kappa shape index (κ1) is 35.3. The van der Waals surface area contributed by atoms with E-state index in [1.54, 1.807) is 0 Å². The first-order valence-electron chi connectivity index (χ1n) is 17.2. The maximum Gasteiger partial charge on any atom is 2.00 e. The number of pyridine rings is 1. The number of hydrogen-bond donors (Lipinski definition) is 0. The van der Waals surface area contributed by atoms with Crippen LogP contribution in [0.2, 0.25) is 0 Å². The Bertz CT molecular complexity index is 2330. The predicted octanol–water partition coefficient (Wildman–Crippen LogP) is 11.2. The molecule has 0 spiro atoms. The number of aromatic nitrogens is 4. The third-order valence-electron chi connectivity index (χ3n) is 9.41. The molecule has 256 valence electrons. The fourth-order valence-corrected chi connectivity index (χ4v) is 7.05. The second-order valence-corrected chi connectivity index (χ2v) is 14.8. The molecular formula is C44H44N4OPd. The molecule has 0 aliphatic rings. The van der Waals surface area contributed by atoms with Crippen LogP contribution in [0, 0.1) is 45.7 Å². The van der Waals surface area contributed by atoms with E-state index in [1.165, 1.54) is 27.8 Å². The summed E-state index contributed by atoms with van der Waals surface area (Å²) in [6, 6.07) is 34.8. The van der Waals surface area contributed by atoms with E-state index in [1.807, 2.05) is 16.9 Å². The van der Waals surface area contributed by atoms with Gasteiger partial charge in [-0.15, -0.1) is 41.3 Å². The number of fused-ring (bicyclic) bond motifs is 3. The first-order chi connectivity index (χ1) is 23.4. The van der Waals surface area contributed by atoms with Gasteiger partial charge in [0.2, 0.25) is 0 Å². The fourth-order valence-electron chi connectivity index (χ4n) is 7.05. The van der Waals surface area contributed by atoms with Crippen molar-refractivity contribution in [1.82, 2.24) is 19.3 Å². The number of aryl methyl sites for hydroxylation is 3. The number of rotatable bonds is 7. The maximum atomic E-state index is 6.66. The zero-order chi connectivity index (χ0) is 34.6. The minimum Gasteiger partial charge on any atom is -0.509 e. The minimum absolute atomic E-state index is 0. The Kier molecular flexibility index (Phi) is 9.66. The SMILES string of the molecule is Cc1cccc(C)c1-c1c(C)nn(-c2[c-]c(Oc3[c-]c4c(cc3)c3ccccc3n4-c3cc(CC(C)C)ccn3)cc(C(C)(C)C)c2)c1C.[Pd+2]. The van der Waals surface area contributed by atoms with Crippen molar-refractivity contribution >= 4 is 21.8 Å². The summed E-state index contributed by atoms with van der Waals surface area (Å²) in [6.45, 7) is 19.7. The predicted molar refractivity (Wildman–Crippen MR) is 202 cm³/mol. The van der Waals surface area contributed by atoms with E-state index in [9.17, 15) is 0 Å². The fraction of sp³-hybridized carbons (Fsp3) is 0.273. The number of para-hydroxylation sites is 1. The molecule has 0 atom stereocenters. The van der Waals surface area contributed by atoms with Crippen LogP contribution in [0.1, 0.15) is 68.3 Å². The number of benzene rings is 4. The van der Waals surface area contributed by atoms with E-state index < -0.39 is 0 Å². The van der Waals surface area contributed by atoms with Crippen molar-refractivity contribution in [2.75, 3.05) is 0 Å². The average Bonchev–Trinajstić information content (AvgIpc) is 3.53. The Morgan fingerprint density at radius 1 is 0.780 bits per heavy atom. The summed E-state index contributed by atoms with van der Waals surface area (Å²) in [7, 11) is 0. The third-order valence-corrected chi connectivity index (χ3v) is 9.41. The van der Waals surface area contributed by atoms with Crippen molar-refractivity contribution in [1.29, 1.82) is 0 Å². The van der Waals surface area contributed by atoms with E-state index in [4.69, 9.17) is 14.8 Å². The summed E-state index contributed by atoms with van der Waals surface area (Å²) in [5.74, 6) is 2.68. The van der Waals surface area contributed by atoms with Crippen LogP contribution >= 0.6 is 0 Å². The van der Waals surface area contributed by atoms with Gasteiger partial charge in [0.1, 0.15) is 5.82 Å². The van der Waals surface area contributed by atoms with Crippen molar-refractivity contribution in [3.63, 3.8) is 0 Å². The monoisotopic (exact) mass is 750 g/mol. The molecule has 6 heteroatoms. The Balaban J connectivity index is 0.00000432. The molecule has 50 heavy (non-hydrogen) atoms. The first-order valence-corrected chi connectivity index (χ1v) is 17.2. The molecule has 0 amide bonds. The zero-order valence-corrected chi connectivity index (χ0v) is 31.9. The van der Waals surface area contributed by atoms with Crippen LogP contribution in [0.25, 0.3) is 44.4 Å². The number of nitrogens with zero attached hydrogens (tertiary/aromatic N) is 4. The van der Waals surface area contributed by atoms with Gasteiger partial charge in [0, 0.05) is 34.5 Å². The largest absolute Gasteiger partial charge is 2.00 e. The molecule has 7 aromatic rings. The Hall–Kier alpha value is -4.50. The van der Waals surface area contributed by atoms with Gasteiger partial charge in [-0.05, 0) is 97.0 Å². The molecule has 3 heterocycles. The average molecular weight is 751 g/mol. The third kappa shape index (κ3) is 6.55. The van der Waals surface area contributed by atoms with Gasteiger partial charge in [-0.1, -0.05) is 76.5 Å². The minimum atomic E-state index is -0.125. The molecular weight excluding hydrogens is 707 g/mol. The molecule has 0 N–H and O–H groups in total. The summed E-state index contributed by atoms with van der Waals surface area (Å²) >= 11 is 0. The van der Waals surface area contributed by atoms with Crippen LogP contribution in [0.4, 0.5) is 0 Å². The Morgan fingerprint density at radius 2 is 1.52 bits per heavy atom. The molecule has 0 saturated heterocycles. The topological polar surface area (TPSA) is 44.9 Å². The molecule has 0 saturated carbocycles. The maximum absolute atomic E-state index is 6.66. The summed E-state index contributed by atoms with van der Waals surface area (Å²) in [5.41, 5.74) is 12.1. The molecule has 0 bridgehead atoms. The van der Waals surface area contributed by atoms with Crippen LogP contribution < -0.4 is 4.74 Å². The van der Waals surface area contributed by atoms with Crippen molar-refractivity contribution in [3.05, 3.63) is 131 Å². The van der Waals surface area contributed by atoms with Gasteiger partial charge in [0.25, 0.3) is 0 Å². The van der Waals surface area contributed by atoms with Crippen LogP contribution in [0.15, 0.2) is 85.1 Å². The summed E-state index contributed by atoms with van der Waals surface area (Å²) in [5, 5.41) is 7.32. The Labute approximate surface area is 310 Å². The van der Waals surface area contributed by atoms with Crippen molar-refractivity contribution in [3.8, 4) is 34.1 Å².